The normalized spacial score (nSPS) is 12.6. The van der Waals surface area contributed by atoms with Crippen LogP contribution in [0.3, 0.4) is 0 Å². The van der Waals surface area contributed by atoms with Crippen LogP contribution >= 0.6 is 0 Å². The number of hydrogen-bond donors (Lipinski definition) is 3. The van der Waals surface area contributed by atoms with E-state index in [4.69, 9.17) is 4.74 Å². The van der Waals surface area contributed by atoms with Gasteiger partial charge in [-0.2, -0.15) is 0 Å². The highest BCUT2D eigenvalue weighted by Crippen LogP contribution is 2.20. The third-order valence-electron chi connectivity index (χ3n) is 19.2. The van der Waals surface area contributed by atoms with Gasteiger partial charge in [0.2, 0.25) is 5.91 Å². The number of carbonyl (C=O) groups is 2. The van der Waals surface area contributed by atoms with Crippen molar-refractivity contribution in [1.82, 2.24) is 5.32 Å². The molecular formula is C83H159NO5. The third-order valence-corrected chi connectivity index (χ3v) is 19.2. The maximum Gasteiger partial charge on any atom is 0.305 e. The van der Waals surface area contributed by atoms with Gasteiger partial charge in [0.1, 0.15) is 0 Å². The lowest BCUT2D eigenvalue weighted by Gasteiger charge is -2.20. The van der Waals surface area contributed by atoms with E-state index in [1.807, 2.05) is 6.08 Å². The predicted octanol–water partition coefficient (Wildman–Crippen LogP) is 27.0. The zero-order valence-electron chi connectivity index (χ0n) is 60.4. The maximum atomic E-state index is 12.5. The molecule has 0 aromatic heterocycles. The molecule has 0 rings (SSSR count). The van der Waals surface area contributed by atoms with E-state index >= 15 is 0 Å². The lowest BCUT2D eigenvalue weighted by molar-refractivity contribution is -0.143. The van der Waals surface area contributed by atoms with E-state index in [1.165, 1.54) is 385 Å². The summed E-state index contributed by atoms with van der Waals surface area (Å²) in [6, 6.07) is -0.626. The minimum Gasteiger partial charge on any atom is -0.466 e. The Labute approximate surface area is 557 Å². The zero-order valence-corrected chi connectivity index (χ0v) is 60.4. The SMILES string of the molecule is CCCCCCCCCCCCCCCCC/C=C/C(O)C(CO)NC(=O)CCCCCCCCCCCCCCCCCCC/C=C\C/C=C\CCCCCCCCCCCCCCCOC(=O)CCCCCCCCCCCCCCCCCCCC. The summed E-state index contributed by atoms with van der Waals surface area (Å²) in [5.74, 6) is -0.0379. The van der Waals surface area contributed by atoms with Crippen molar-refractivity contribution in [2.24, 2.45) is 0 Å². The molecule has 1 amide bonds. The molecule has 0 spiro atoms. The Morgan fingerprint density at radius 2 is 0.562 bits per heavy atom. The topological polar surface area (TPSA) is 95.9 Å². The van der Waals surface area contributed by atoms with Crippen LogP contribution in [0.4, 0.5) is 0 Å². The molecule has 0 saturated carbocycles. The molecule has 0 aliphatic heterocycles. The summed E-state index contributed by atoms with van der Waals surface area (Å²) in [4.78, 5) is 24.6. The van der Waals surface area contributed by atoms with Gasteiger partial charge in [0.15, 0.2) is 0 Å². The van der Waals surface area contributed by atoms with Gasteiger partial charge in [-0.3, -0.25) is 9.59 Å². The first-order valence-electron chi connectivity index (χ1n) is 40.8. The standard InChI is InChI=1S/C83H159NO5/c1-3-5-7-9-11-13-15-17-19-21-45-49-53-57-61-65-69-73-77-83(88)89-78-74-70-66-62-58-54-50-46-42-40-38-36-34-32-30-28-26-24-22-23-25-27-29-31-33-35-37-39-41-44-48-52-56-60-64-68-72-76-82(87)84-80(79-85)81(86)75-71-67-63-59-55-51-47-43-20-18-16-14-12-10-8-6-4-2/h22,24,28,30,71,75,80-81,85-86H,3-21,23,25-27,29,31-70,72-74,76-79H2,1-2H3,(H,84,87)/b24-22-,30-28-,75-71+. The molecule has 0 heterocycles. The van der Waals surface area contributed by atoms with E-state index in [0.717, 1.165) is 44.9 Å². The van der Waals surface area contributed by atoms with Gasteiger partial charge >= 0.3 is 5.97 Å². The molecule has 89 heavy (non-hydrogen) atoms. The molecule has 2 unspecified atom stereocenters. The third kappa shape index (κ3) is 75.0. The highest BCUT2D eigenvalue weighted by atomic mass is 16.5. The van der Waals surface area contributed by atoms with E-state index in [1.54, 1.807) is 6.08 Å². The van der Waals surface area contributed by atoms with Crippen LogP contribution in [0.5, 0.6) is 0 Å². The Balaban J connectivity index is 3.36. The van der Waals surface area contributed by atoms with Crippen LogP contribution in [0.2, 0.25) is 0 Å². The molecule has 2 atom stereocenters. The van der Waals surface area contributed by atoms with Crippen LogP contribution in [0, 0.1) is 0 Å². The van der Waals surface area contributed by atoms with Crippen molar-refractivity contribution in [3.8, 4) is 0 Å². The van der Waals surface area contributed by atoms with Gasteiger partial charge in [0.05, 0.1) is 25.4 Å². The van der Waals surface area contributed by atoms with Gasteiger partial charge in [0.25, 0.3) is 0 Å². The van der Waals surface area contributed by atoms with Crippen molar-refractivity contribution in [1.29, 1.82) is 0 Å². The molecule has 3 N–H and O–H groups in total. The Kier molecular flexibility index (Phi) is 76.8. The van der Waals surface area contributed by atoms with Crippen LogP contribution in [0.1, 0.15) is 457 Å². The first-order valence-corrected chi connectivity index (χ1v) is 40.8. The molecule has 0 aromatic carbocycles. The lowest BCUT2D eigenvalue weighted by Crippen LogP contribution is -2.45. The van der Waals surface area contributed by atoms with Crippen molar-refractivity contribution in [2.75, 3.05) is 13.2 Å². The zero-order chi connectivity index (χ0) is 64.2. The number of aliphatic hydroxyl groups is 2. The van der Waals surface area contributed by atoms with Crippen LogP contribution in [0.15, 0.2) is 36.5 Å². The molecule has 0 aromatic rings. The second-order valence-electron chi connectivity index (χ2n) is 28.1. The quantitative estimate of drug-likeness (QED) is 0.0320. The highest BCUT2D eigenvalue weighted by Gasteiger charge is 2.18. The maximum absolute atomic E-state index is 12.5. The average molecular weight is 1250 g/mol. The van der Waals surface area contributed by atoms with Gasteiger partial charge in [-0.15, -0.1) is 0 Å². The molecular weight excluding hydrogens is 1090 g/mol. The van der Waals surface area contributed by atoms with E-state index in [2.05, 4.69) is 43.5 Å². The number of amides is 1. The fourth-order valence-corrected chi connectivity index (χ4v) is 13.0. The minimum atomic E-state index is -0.843. The highest BCUT2D eigenvalue weighted by molar-refractivity contribution is 5.76. The monoisotopic (exact) mass is 1250 g/mol. The number of ether oxygens (including phenoxy) is 1. The Morgan fingerprint density at radius 3 is 0.854 bits per heavy atom. The number of unbranched alkanes of at least 4 members (excludes halogenated alkanes) is 62. The van der Waals surface area contributed by atoms with Crippen LogP contribution in [0.25, 0.3) is 0 Å². The Hall–Kier alpha value is -1.92. The second kappa shape index (κ2) is 78.5. The largest absolute Gasteiger partial charge is 0.466 e. The first-order chi connectivity index (χ1) is 44.0. The fourth-order valence-electron chi connectivity index (χ4n) is 13.0. The van der Waals surface area contributed by atoms with E-state index in [9.17, 15) is 19.8 Å². The number of rotatable bonds is 77. The van der Waals surface area contributed by atoms with Gasteiger partial charge in [-0.25, -0.2) is 0 Å². The number of allylic oxidation sites excluding steroid dienone is 5. The van der Waals surface area contributed by atoms with Crippen molar-refractivity contribution < 1.29 is 24.5 Å². The Bertz CT molecular complexity index is 1440. The number of esters is 1. The molecule has 526 valence electrons. The lowest BCUT2D eigenvalue weighted by atomic mass is 10.0. The molecule has 6 heteroatoms. The summed E-state index contributed by atoms with van der Waals surface area (Å²) in [7, 11) is 0. The molecule has 0 aliphatic carbocycles. The van der Waals surface area contributed by atoms with E-state index in [0.29, 0.717) is 19.4 Å². The van der Waals surface area contributed by atoms with Gasteiger partial charge in [-0.05, 0) is 64.2 Å². The average Bonchev–Trinajstić information content (AvgIpc) is 3.57. The molecule has 0 fully saturated rings. The molecule has 6 nitrogen and oxygen atoms in total. The molecule has 0 bridgehead atoms. The predicted molar refractivity (Wildman–Crippen MR) is 393 cm³/mol. The van der Waals surface area contributed by atoms with Crippen molar-refractivity contribution in [3.63, 3.8) is 0 Å². The number of nitrogens with one attached hydrogen (secondary N) is 1. The van der Waals surface area contributed by atoms with Gasteiger partial charge < -0.3 is 20.3 Å². The van der Waals surface area contributed by atoms with Crippen LogP contribution < -0.4 is 5.32 Å². The fraction of sp³-hybridized carbons (Fsp3) is 0.904. The summed E-state index contributed by atoms with van der Waals surface area (Å²) in [6.45, 7) is 4.96. The molecule has 0 radical (unpaired) electrons. The van der Waals surface area contributed by atoms with E-state index in [-0.39, 0.29) is 18.5 Å². The van der Waals surface area contributed by atoms with Gasteiger partial charge in [0, 0.05) is 12.8 Å². The summed E-state index contributed by atoms with van der Waals surface area (Å²) >= 11 is 0. The number of hydrogen-bond acceptors (Lipinski definition) is 5. The molecule has 0 saturated heterocycles. The Morgan fingerprint density at radius 1 is 0.315 bits per heavy atom. The smallest absolute Gasteiger partial charge is 0.305 e. The van der Waals surface area contributed by atoms with Crippen molar-refractivity contribution in [2.45, 2.75) is 469 Å². The van der Waals surface area contributed by atoms with Gasteiger partial charge in [-0.1, -0.05) is 416 Å². The van der Waals surface area contributed by atoms with Crippen molar-refractivity contribution >= 4 is 11.9 Å². The summed E-state index contributed by atoms with van der Waals surface area (Å²) < 4.78 is 5.52. The minimum absolute atomic E-state index is 0.0238. The summed E-state index contributed by atoms with van der Waals surface area (Å²) in [6.07, 6.45) is 103. The van der Waals surface area contributed by atoms with Crippen LogP contribution in [-0.2, 0) is 14.3 Å². The number of aliphatic hydroxyl groups excluding tert-OH is 2. The summed E-state index contributed by atoms with van der Waals surface area (Å²) in [5, 5.41) is 23.2. The summed E-state index contributed by atoms with van der Waals surface area (Å²) in [5.41, 5.74) is 0. The number of carbonyl (C=O) groups excluding carboxylic acids is 2. The van der Waals surface area contributed by atoms with Crippen LogP contribution in [-0.4, -0.2) is 47.4 Å². The van der Waals surface area contributed by atoms with E-state index < -0.39 is 12.1 Å². The first kappa shape index (κ1) is 87.1. The molecule has 0 aliphatic rings. The second-order valence-corrected chi connectivity index (χ2v) is 28.1. The van der Waals surface area contributed by atoms with Crippen molar-refractivity contribution in [3.05, 3.63) is 36.5 Å².